The van der Waals surface area contributed by atoms with Crippen LogP contribution in [0.25, 0.3) is 0 Å². The molecule has 0 aromatic heterocycles. The molecular formula is C17H32N2O. The van der Waals surface area contributed by atoms with Crippen molar-refractivity contribution in [2.75, 3.05) is 26.2 Å². The summed E-state index contributed by atoms with van der Waals surface area (Å²) < 4.78 is 6.05. The average molecular weight is 280 g/mol. The molecule has 0 aromatic rings. The molecule has 3 fully saturated rings. The third kappa shape index (κ3) is 3.55. The van der Waals surface area contributed by atoms with Crippen molar-refractivity contribution in [1.29, 1.82) is 0 Å². The van der Waals surface area contributed by atoms with Gasteiger partial charge in [-0.3, -0.25) is 4.90 Å². The predicted octanol–water partition coefficient (Wildman–Crippen LogP) is 2.65. The maximum Gasteiger partial charge on any atom is 0.0827 e. The minimum Gasteiger partial charge on any atom is -0.374 e. The van der Waals surface area contributed by atoms with E-state index in [1.165, 1.54) is 45.1 Å². The first-order chi connectivity index (χ1) is 9.72. The minimum atomic E-state index is 0.420. The molecule has 2 aliphatic heterocycles. The molecule has 1 aliphatic carbocycles. The SMILES string of the molecule is CC(C)C1CCCC(NCC2CN3CCCC3CO2)C1. The summed E-state index contributed by atoms with van der Waals surface area (Å²) in [6, 6.07) is 1.46. The molecule has 0 aromatic carbocycles. The Bertz CT molecular complexity index is 301. The zero-order valence-corrected chi connectivity index (χ0v) is 13.3. The van der Waals surface area contributed by atoms with E-state index in [0.717, 1.165) is 43.6 Å². The van der Waals surface area contributed by atoms with E-state index in [2.05, 4.69) is 24.1 Å². The molecule has 0 bridgehead atoms. The molecule has 3 nitrogen and oxygen atoms in total. The lowest BCUT2D eigenvalue weighted by molar-refractivity contribution is -0.0485. The van der Waals surface area contributed by atoms with E-state index in [9.17, 15) is 0 Å². The van der Waals surface area contributed by atoms with E-state index in [-0.39, 0.29) is 0 Å². The molecule has 0 spiro atoms. The number of ether oxygens (including phenoxy) is 1. The monoisotopic (exact) mass is 280 g/mol. The molecule has 3 rings (SSSR count). The zero-order valence-electron chi connectivity index (χ0n) is 13.3. The second-order valence-corrected chi connectivity index (χ2v) is 7.52. The Balaban J connectivity index is 1.40. The normalized spacial score (nSPS) is 39.1. The van der Waals surface area contributed by atoms with Gasteiger partial charge in [-0.05, 0) is 44.1 Å². The van der Waals surface area contributed by atoms with Crippen molar-refractivity contribution < 1.29 is 4.74 Å². The molecule has 0 radical (unpaired) electrons. The summed E-state index contributed by atoms with van der Waals surface area (Å²) in [7, 11) is 0. The van der Waals surface area contributed by atoms with Gasteiger partial charge >= 0.3 is 0 Å². The van der Waals surface area contributed by atoms with Crippen molar-refractivity contribution in [1.82, 2.24) is 10.2 Å². The van der Waals surface area contributed by atoms with Crippen molar-refractivity contribution >= 4 is 0 Å². The quantitative estimate of drug-likeness (QED) is 0.857. The number of rotatable bonds is 4. The highest BCUT2D eigenvalue weighted by molar-refractivity contribution is 4.87. The molecule has 4 unspecified atom stereocenters. The van der Waals surface area contributed by atoms with E-state index >= 15 is 0 Å². The summed E-state index contributed by atoms with van der Waals surface area (Å²) in [6.45, 7) is 9.22. The molecule has 3 aliphatic rings. The highest BCUT2D eigenvalue weighted by Gasteiger charge is 2.32. The summed E-state index contributed by atoms with van der Waals surface area (Å²) in [5.41, 5.74) is 0. The number of morpholine rings is 1. The van der Waals surface area contributed by atoms with Crippen molar-refractivity contribution in [3.05, 3.63) is 0 Å². The molecule has 1 N–H and O–H groups in total. The van der Waals surface area contributed by atoms with Crippen molar-refractivity contribution in [3.8, 4) is 0 Å². The average Bonchev–Trinajstić information content (AvgIpc) is 2.93. The third-order valence-electron chi connectivity index (χ3n) is 5.75. The van der Waals surface area contributed by atoms with Crippen molar-refractivity contribution in [2.24, 2.45) is 11.8 Å². The number of nitrogens with zero attached hydrogens (tertiary/aromatic N) is 1. The van der Waals surface area contributed by atoms with E-state index < -0.39 is 0 Å². The smallest absolute Gasteiger partial charge is 0.0827 e. The fourth-order valence-corrected chi connectivity index (χ4v) is 4.33. The predicted molar refractivity (Wildman–Crippen MR) is 82.9 cm³/mol. The van der Waals surface area contributed by atoms with Crippen LogP contribution in [0.5, 0.6) is 0 Å². The third-order valence-corrected chi connectivity index (χ3v) is 5.75. The first-order valence-corrected chi connectivity index (χ1v) is 8.81. The van der Waals surface area contributed by atoms with Crippen molar-refractivity contribution in [2.45, 2.75) is 70.6 Å². The van der Waals surface area contributed by atoms with Gasteiger partial charge in [0.2, 0.25) is 0 Å². The van der Waals surface area contributed by atoms with Crippen LogP contribution >= 0.6 is 0 Å². The molecule has 3 heteroatoms. The van der Waals surface area contributed by atoms with Crippen LogP contribution in [0.1, 0.15) is 52.4 Å². The lowest BCUT2D eigenvalue weighted by atomic mass is 9.79. The molecule has 1 saturated carbocycles. The van der Waals surface area contributed by atoms with Crippen LogP contribution in [0, 0.1) is 11.8 Å². The maximum absolute atomic E-state index is 6.05. The minimum absolute atomic E-state index is 0.420. The highest BCUT2D eigenvalue weighted by atomic mass is 16.5. The summed E-state index contributed by atoms with van der Waals surface area (Å²) >= 11 is 0. The highest BCUT2D eigenvalue weighted by Crippen LogP contribution is 2.30. The van der Waals surface area contributed by atoms with E-state index in [4.69, 9.17) is 4.74 Å². The van der Waals surface area contributed by atoms with Crippen LogP contribution in [0.4, 0.5) is 0 Å². The van der Waals surface area contributed by atoms with Crippen LogP contribution in [-0.2, 0) is 4.74 Å². The van der Waals surface area contributed by atoms with Gasteiger partial charge in [-0.1, -0.05) is 26.7 Å². The Hall–Kier alpha value is -0.120. The number of fused-ring (bicyclic) bond motifs is 1. The fraction of sp³-hybridized carbons (Fsp3) is 1.00. The number of hydrogen-bond acceptors (Lipinski definition) is 3. The van der Waals surface area contributed by atoms with Gasteiger partial charge in [0.05, 0.1) is 12.7 Å². The fourth-order valence-electron chi connectivity index (χ4n) is 4.33. The molecule has 2 saturated heterocycles. The van der Waals surface area contributed by atoms with Gasteiger partial charge in [0.1, 0.15) is 0 Å². The Morgan fingerprint density at radius 1 is 1.20 bits per heavy atom. The summed E-state index contributed by atoms with van der Waals surface area (Å²) in [4.78, 5) is 2.65. The van der Waals surface area contributed by atoms with Gasteiger partial charge in [-0.2, -0.15) is 0 Å². The Kier molecular flexibility index (Phi) is 5.00. The first kappa shape index (κ1) is 14.8. The Morgan fingerprint density at radius 3 is 2.95 bits per heavy atom. The van der Waals surface area contributed by atoms with Gasteiger partial charge in [0, 0.05) is 25.2 Å². The van der Waals surface area contributed by atoms with Crippen LogP contribution in [0.2, 0.25) is 0 Å². The molecule has 20 heavy (non-hydrogen) atoms. The van der Waals surface area contributed by atoms with Gasteiger partial charge in [0.15, 0.2) is 0 Å². The number of nitrogens with one attached hydrogen (secondary N) is 1. The molecular weight excluding hydrogens is 248 g/mol. The van der Waals surface area contributed by atoms with Crippen LogP contribution < -0.4 is 5.32 Å². The van der Waals surface area contributed by atoms with Gasteiger partial charge in [-0.15, -0.1) is 0 Å². The largest absolute Gasteiger partial charge is 0.374 e. The van der Waals surface area contributed by atoms with E-state index in [1.54, 1.807) is 0 Å². The summed E-state index contributed by atoms with van der Waals surface area (Å²) in [5.74, 6) is 1.77. The number of hydrogen-bond donors (Lipinski definition) is 1. The lowest BCUT2D eigenvalue weighted by Gasteiger charge is -2.37. The Morgan fingerprint density at radius 2 is 2.10 bits per heavy atom. The second-order valence-electron chi connectivity index (χ2n) is 7.52. The zero-order chi connectivity index (χ0) is 13.9. The van der Waals surface area contributed by atoms with Crippen LogP contribution in [0.3, 0.4) is 0 Å². The summed E-state index contributed by atoms with van der Waals surface area (Å²) in [5, 5.41) is 3.80. The van der Waals surface area contributed by atoms with Gasteiger partial charge in [-0.25, -0.2) is 0 Å². The standard InChI is InChI=1S/C17H32N2O/c1-13(2)14-5-3-6-15(9-14)18-10-17-11-19-8-4-7-16(19)12-20-17/h13-18H,3-12H2,1-2H3. The lowest BCUT2D eigenvalue weighted by Crippen LogP contribution is -2.51. The molecule has 0 amide bonds. The molecule has 116 valence electrons. The first-order valence-electron chi connectivity index (χ1n) is 8.81. The van der Waals surface area contributed by atoms with Crippen LogP contribution in [0.15, 0.2) is 0 Å². The van der Waals surface area contributed by atoms with Gasteiger partial charge in [0.25, 0.3) is 0 Å². The maximum atomic E-state index is 6.05. The van der Waals surface area contributed by atoms with E-state index in [0.29, 0.717) is 6.10 Å². The van der Waals surface area contributed by atoms with Crippen LogP contribution in [-0.4, -0.2) is 49.3 Å². The molecule has 2 heterocycles. The topological polar surface area (TPSA) is 24.5 Å². The summed E-state index contributed by atoms with van der Waals surface area (Å²) in [6.07, 6.45) is 8.71. The second kappa shape index (κ2) is 6.76. The van der Waals surface area contributed by atoms with Gasteiger partial charge < -0.3 is 10.1 Å². The van der Waals surface area contributed by atoms with Crippen molar-refractivity contribution in [3.63, 3.8) is 0 Å². The molecule has 4 atom stereocenters. The van der Waals surface area contributed by atoms with E-state index in [1.807, 2.05) is 0 Å². The Labute approximate surface area is 124 Å².